The van der Waals surface area contributed by atoms with E-state index in [1.54, 1.807) is 13.0 Å². The highest BCUT2D eigenvalue weighted by Crippen LogP contribution is 2.29. The molecule has 3 rings (SSSR count). The molecule has 0 aromatic heterocycles. The lowest BCUT2D eigenvalue weighted by Gasteiger charge is -2.28. The molecule has 2 N–H and O–H groups in total. The van der Waals surface area contributed by atoms with E-state index >= 15 is 0 Å². The molecule has 0 saturated carbocycles. The summed E-state index contributed by atoms with van der Waals surface area (Å²) in [7, 11) is 0. The Balaban J connectivity index is 1.70. The average molecular weight is 396 g/mol. The zero-order chi connectivity index (χ0) is 20.6. The van der Waals surface area contributed by atoms with Crippen molar-refractivity contribution in [3.63, 3.8) is 0 Å². The maximum atomic E-state index is 12.8. The molecule has 0 aliphatic carbocycles. The molecule has 7 nitrogen and oxygen atoms in total. The van der Waals surface area contributed by atoms with Gasteiger partial charge in [0.15, 0.2) is 0 Å². The van der Waals surface area contributed by atoms with Crippen LogP contribution in [0.5, 0.6) is 11.5 Å². The minimum atomic E-state index is -0.633. The number of nitrogens with one attached hydrogen (secondary N) is 2. The number of rotatable bonds is 8. The normalized spacial score (nSPS) is 15.9. The Bertz CT molecular complexity index is 895. The molecule has 0 unspecified atom stereocenters. The first-order valence-electron chi connectivity index (χ1n) is 9.44. The molecule has 1 aliphatic rings. The summed E-state index contributed by atoms with van der Waals surface area (Å²) in [5, 5.41) is 5.42. The van der Waals surface area contributed by atoms with Crippen LogP contribution < -0.4 is 20.1 Å². The lowest BCUT2D eigenvalue weighted by Crippen LogP contribution is -2.45. The number of para-hydroxylation sites is 1. The molecule has 2 amide bonds. The zero-order valence-electron chi connectivity index (χ0n) is 16.4. The van der Waals surface area contributed by atoms with E-state index in [1.165, 1.54) is 0 Å². The molecule has 0 fully saturated rings. The van der Waals surface area contributed by atoms with Gasteiger partial charge in [-0.3, -0.25) is 0 Å². The second-order valence-electron chi connectivity index (χ2n) is 6.37. The van der Waals surface area contributed by atoms with Crippen molar-refractivity contribution in [1.82, 2.24) is 10.6 Å². The third kappa shape index (κ3) is 5.28. The van der Waals surface area contributed by atoms with Crippen LogP contribution in [0.15, 0.2) is 65.9 Å². The van der Waals surface area contributed by atoms with Gasteiger partial charge < -0.3 is 24.8 Å². The molecule has 29 heavy (non-hydrogen) atoms. The molecule has 1 heterocycles. The molecule has 0 spiro atoms. The summed E-state index contributed by atoms with van der Waals surface area (Å²) in [5.41, 5.74) is 1.53. The second kappa shape index (κ2) is 9.64. The van der Waals surface area contributed by atoms with Gasteiger partial charge in [0.25, 0.3) is 0 Å². The number of hydrogen-bond acceptors (Lipinski definition) is 5. The van der Waals surface area contributed by atoms with E-state index in [9.17, 15) is 9.59 Å². The minimum absolute atomic E-state index is 0.0875. The predicted octanol–water partition coefficient (Wildman–Crippen LogP) is 3.34. The summed E-state index contributed by atoms with van der Waals surface area (Å²) >= 11 is 0. The molecule has 0 saturated heterocycles. The van der Waals surface area contributed by atoms with E-state index in [4.69, 9.17) is 14.2 Å². The van der Waals surface area contributed by atoms with Crippen LogP contribution >= 0.6 is 0 Å². The van der Waals surface area contributed by atoms with Crippen LogP contribution in [-0.4, -0.2) is 31.8 Å². The minimum Gasteiger partial charge on any atom is -0.494 e. The van der Waals surface area contributed by atoms with Gasteiger partial charge in [0.1, 0.15) is 24.7 Å². The number of hydrogen-bond donors (Lipinski definition) is 2. The monoisotopic (exact) mass is 396 g/mol. The van der Waals surface area contributed by atoms with Crippen molar-refractivity contribution in [3.05, 3.63) is 71.4 Å². The van der Waals surface area contributed by atoms with Crippen molar-refractivity contribution in [3.8, 4) is 11.5 Å². The van der Waals surface area contributed by atoms with Crippen molar-refractivity contribution in [2.24, 2.45) is 0 Å². The molecule has 2 aromatic carbocycles. The molecule has 0 bridgehead atoms. The Labute approximate surface area is 169 Å². The third-order valence-corrected chi connectivity index (χ3v) is 4.32. The fourth-order valence-corrected chi connectivity index (χ4v) is 3.05. The standard InChI is InChI=1S/C22H24N2O5/c1-3-27-18-11-7-8-16(14-18)20-19(15(2)23-22(26)24-20)21(25)29-13-12-28-17-9-5-4-6-10-17/h4-11,14,20H,3,12-13H2,1-2H3,(H2,23,24,26)/t20-/m0/s1. The van der Waals surface area contributed by atoms with E-state index < -0.39 is 12.0 Å². The van der Waals surface area contributed by atoms with Crippen LogP contribution in [0.1, 0.15) is 25.5 Å². The van der Waals surface area contributed by atoms with Crippen molar-refractivity contribution in [2.45, 2.75) is 19.9 Å². The Morgan fingerprint density at radius 3 is 2.52 bits per heavy atom. The molecular weight excluding hydrogens is 372 g/mol. The Morgan fingerprint density at radius 1 is 1.00 bits per heavy atom. The molecule has 2 aromatic rings. The second-order valence-corrected chi connectivity index (χ2v) is 6.37. The molecule has 1 aliphatic heterocycles. The Morgan fingerprint density at radius 2 is 1.76 bits per heavy atom. The van der Waals surface area contributed by atoms with Crippen LogP contribution in [0.25, 0.3) is 0 Å². The number of esters is 1. The van der Waals surface area contributed by atoms with E-state index in [0.29, 0.717) is 29.4 Å². The number of carbonyl (C=O) groups excluding carboxylic acids is 2. The number of carbonyl (C=O) groups is 2. The summed E-state index contributed by atoms with van der Waals surface area (Å²) in [4.78, 5) is 24.8. The summed E-state index contributed by atoms with van der Waals surface area (Å²) in [6.07, 6.45) is 0. The van der Waals surface area contributed by atoms with Crippen LogP contribution in [0.4, 0.5) is 4.79 Å². The van der Waals surface area contributed by atoms with Gasteiger partial charge in [-0.25, -0.2) is 9.59 Å². The smallest absolute Gasteiger partial charge is 0.338 e. The van der Waals surface area contributed by atoms with Crippen molar-refractivity contribution in [1.29, 1.82) is 0 Å². The third-order valence-electron chi connectivity index (χ3n) is 4.32. The van der Waals surface area contributed by atoms with Crippen molar-refractivity contribution >= 4 is 12.0 Å². The fourth-order valence-electron chi connectivity index (χ4n) is 3.05. The molecule has 1 atom stereocenters. The number of amides is 2. The van der Waals surface area contributed by atoms with Crippen molar-refractivity contribution < 1.29 is 23.8 Å². The van der Waals surface area contributed by atoms with Gasteiger partial charge in [0.2, 0.25) is 0 Å². The number of urea groups is 1. The average Bonchev–Trinajstić information content (AvgIpc) is 2.72. The summed E-state index contributed by atoms with van der Waals surface area (Å²) in [5.74, 6) is 0.856. The molecule has 0 radical (unpaired) electrons. The summed E-state index contributed by atoms with van der Waals surface area (Å²) < 4.78 is 16.5. The Kier molecular flexibility index (Phi) is 6.73. The number of benzene rings is 2. The first kappa shape index (κ1) is 20.3. The highest BCUT2D eigenvalue weighted by atomic mass is 16.6. The van der Waals surface area contributed by atoms with Crippen molar-refractivity contribution in [2.75, 3.05) is 19.8 Å². The molecule has 152 valence electrons. The van der Waals surface area contributed by atoms with E-state index in [2.05, 4.69) is 10.6 Å². The van der Waals surface area contributed by atoms with Crippen LogP contribution in [0.2, 0.25) is 0 Å². The quantitative estimate of drug-likeness (QED) is 0.528. The van der Waals surface area contributed by atoms with Gasteiger partial charge in [0, 0.05) is 5.70 Å². The SMILES string of the molecule is CCOc1cccc([C@@H]2NC(=O)NC(C)=C2C(=O)OCCOc2ccccc2)c1. The van der Waals surface area contributed by atoms with Crippen LogP contribution in [0.3, 0.4) is 0 Å². The van der Waals surface area contributed by atoms with E-state index in [0.717, 1.165) is 5.56 Å². The van der Waals surface area contributed by atoms with Gasteiger partial charge in [-0.15, -0.1) is 0 Å². The van der Waals surface area contributed by atoms with Gasteiger partial charge in [-0.2, -0.15) is 0 Å². The maximum absolute atomic E-state index is 12.8. The lowest BCUT2D eigenvalue weighted by molar-refractivity contribution is -0.140. The first-order valence-corrected chi connectivity index (χ1v) is 9.44. The molecule has 7 heteroatoms. The largest absolute Gasteiger partial charge is 0.494 e. The predicted molar refractivity (Wildman–Crippen MR) is 108 cm³/mol. The van der Waals surface area contributed by atoms with Gasteiger partial charge >= 0.3 is 12.0 Å². The zero-order valence-corrected chi connectivity index (χ0v) is 16.4. The topological polar surface area (TPSA) is 85.9 Å². The summed E-state index contributed by atoms with van der Waals surface area (Å²) in [6, 6.07) is 15.6. The van der Waals surface area contributed by atoms with E-state index in [-0.39, 0.29) is 19.2 Å². The lowest BCUT2D eigenvalue weighted by atomic mass is 9.95. The molecular formula is C22H24N2O5. The highest BCUT2D eigenvalue weighted by molar-refractivity contribution is 5.95. The summed E-state index contributed by atoms with van der Waals surface area (Å²) in [6.45, 7) is 4.41. The number of allylic oxidation sites excluding steroid dienone is 1. The van der Waals surface area contributed by atoms with Crippen LogP contribution in [-0.2, 0) is 9.53 Å². The Hall–Kier alpha value is -3.48. The highest BCUT2D eigenvalue weighted by Gasteiger charge is 2.32. The first-order chi connectivity index (χ1) is 14.1. The van der Waals surface area contributed by atoms with Gasteiger partial charge in [0.05, 0.1) is 18.2 Å². The van der Waals surface area contributed by atoms with E-state index in [1.807, 2.05) is 55.5 Å². The fraction of sp³-hybridized carbons (Fsp3) is 0.273. The maximum Gasteiger partial charge on any atom is 0.338 e. The number of ether oxygens (including phenoxy) is 3. The van der Waals surface area contributed by atoms with Gasteiger partial charge in [-0.05, 0) is 43.7 Å². The van der Waals surface area contributed by atoms with Crippen LogP contribution in [0, 0.1) is 0 Å². The van der Waals surface area contributed by atoms with Gasteiger partial charge in [-0.1, -0.05) is 30.3 Å².